The molecule has 0 bridgehead atoms. The molecule has 1 aliphatic rings. The molecule has 0 spiro atoms. The van der Waals surface area contributed by atoms with E-state index in [1.165, 1.54) is 11.8 Å². The van der Waals surface area contributed by atoms with Crippen molar-refractivity contribution < 1.29 is 13.2 Å². The molecule has 0 unspecified atom stereocenters. The van der Waals surface area contributed by atoms with Crippen molar-refractivity contribution >= 4 is 15.7 Å². The Bertz CT molecular complexity index is 608. The molecule has 1 aromatic carbocycles. The third-order valence-corrected chi connectivity index (χ3v) is 5.35. The maximum atomic E-state index is 12.1. The van der Waals surface area contributed by atoms with Crippen molar-refractivity contribution in [1.82, 2.24) is 9.80 Å². The van der Waals surface area contributed by atoms with Crippen LogP contribution in [0.2, 0.25) is 0 Å². The summed E-state index contributed by atoms with van der Waals surface area (Å²) in [7, 11) is -0.949. The molecule has 0 aliphatic carbocycles. The topological polar surface area (TPSA) is 57.7 Å². The maximum Gasteiger partial charge on any atom is 0.223 e. The lowest BCUT2D eigenvalue weighted by Gasteiger charge is -2.37. The first-order valence-corrected chi connectivity index (χ1v) is 10.1. The van der Waals surface area contributed by atoms with Crippen molar-refractivity contribution in [2.45, 2.75) is 31.8 Å². The zero-order chi connectivity index (χ0) is 16.9. The molecule has 1 heterocycles. The van der Waals surface area contributed by atoms with Gasteiger partial charge < -0.3 is 4.90 Å². The second-order valence-electron chi connectivity index (χ2n) is 6.39. The van der Waals surface area contributed by atoms with Crippen molar-refractivity contribution in [2.24, 2.45) is 0 Å². The first-order valence-electron chi connectivity index (χ1n) is 8.05. The highest BCUT2D eigenvalue weighted by Crippen LogP contribution is 2.18. The predicted molar refractivity (Wildman–Crippen MR) is 91.8 cm³/mol. The van der Waals surface area contributed by atoms with Gasteiger partial charge in [-0.3, -0.25) is 9.69 Å². The molecule has 23 heavy (non-hydrogen) atoms. The Kier molecular flexibility index (Phi) is 6.18. The van der Waals surface area contributed by atoms with Crippen LogP contribution in [0.3, 0.4) is 0 Å². The van der Waals surface area contributed by atoms with E-state index in [9.17, 15) is 13.2 Å². The van der Waals surface area contributed by atoms with Crippen LogP contribution in [0.25, 0.3) is 0 Å². The monoisotopic (exact) mass is 338 g/mol. The molecule has 2 rings (SSSR count). The second kappa shape index (κ2) is 7.93. The molecule has 1 amide bonds. The van der Waals surface area contributed by atoms with E-state index in [4.69, 9.17) is 0 Å². The van der Waals surface area contributed by atoms with E-state index in [1.807, 2.05) is 18.2 Å². The first kappa shape index (κ1) is 17.9. The molecule has 128 valence electrons. The van der Waals surface area contributed by atoms with Gasteiger partial charge in [-0.1, -0.05) is 30.3 Å². The fourth-order valence-electron chi connectivity index (χ4n) is 2.99. The molecular weight excluding hydrogens is 312 g/mol. The van der Waals surface area contributed by atoms with E-state index in [2.05, 4.69) is 24.1 Å². The number of sulfone groups is 1. The Morgan fingerprint density at radius 1 is 1.22 bits per heavy atom. The minimum Gasteiger partial charge on any atom is -0.343 e. The smallest absolute Gasteiger partial charge is 0.223 e. The number of piperidine rings is 1. The molecule has 1 saturated heterocycles. The Morgan fingerprint density at radius 3 is 2.39 bits per heavy atom. The first-order chi connectivity index (χ1) is 10.8. The minimum atomic E-state index is -3.07. The molecule has 0 N–H and O–H groups in total. The summed E-state index contributed by atoms with van der Waals surface area (Å²) < 4.78 is 22.3. The number of likely N-dealkylation sites (tertiary alicyclic amines) is 1. The number of rotatable bonds is 6. The SMILES string of the molecule is CN(Cc1ccccc1)C1CCN(C(=O)CCS(C)(=O)=O)CC1. The molecule has 1 aliphatic heterocycles. The van der Waals surface area contributed by atoms with Gasteiger partial charge in [0.15, 0.2) is 0 Å². The summed E-state index contributed by atoms with van der Waals surface area (Å²) >= 11 is 0. The van der Waals surface area contributed by atoms with Crippen LogP contribution in [0.1, 0.15) is 24.8 Å². The minimum absolute atomic E-state index is 0.0420. The van der Waals surface area contributed by atoms with E-state index in [0.29, 0.717) is 19.1 Å². The van der Waals surface area contributed by atoms with Crippen molar-refractivity contribution in [1.29, 1.82) is 0 Å². The molecule has 0 atom stereocenters. The summed E-state index contributed by atoms with van der Waals surface area (Å²) in [5.74, 6) is -0.0979. The zero-order valence-corrected chi connectivity index (χ0v) is 14.8. The van der Waals surface area contributed by atoms with E-state index in [-0.39, 0.29) is 18.1 Å². The summed E-state index contributed by atoms with van der Waals surface area (Å²) in [5.41, 5.74) is 1.29. The van der Waals surface area contributed by atoms with Crippen LogP contribution in [0, 0.1) is 0 Å². The third kappa shape index (κ3) is 5.95. The Hall–Kier alpha value is -1.40. The van der Waals surface area contributed by atoms with Gasteiger partial charge in [0.25, 0.3) is 0 Å². The zero-order valence-electron chi connectivity index (χ0n) is 13.9. The largest absolute Gasteiger partial charge is 0.343 e. The Balaban J connectivity index is 1.78. The number of carbonyl (C=O) groups excluding carboxylic acids is 1. The highest BCUT2D eigenvalue weighted by molar-refractivity contribution is 7.90. The highest BCUT2D eigenvalue weighted by atomic mass is 32.2. The Labute approximate surface area is 139 Å². The average Bonchev–Trinajstić information content (AvgIpc) is 2.53. The van der Waals surface area contributed by atoms with E-state index >= 15 is 0 Å². The number of hydrogen-bond donors (Lipinski definition) is 0. The van der Waals surface area contributed by atoms with Crippen LogP contribution in [-0.2, 0) is 21.2 Å². The van der Waals surface area contributed by atoms with Crippen LogP contribution in [0.5, 0.6) is 0 Å². The van der Waals surface area contributed by atoms with Gasteiger partial charge in [-0.25, -0.2) is 8.42 Å². The highest BCUT2D eigenvalue weighted by Gasteiger charge is 2.25. The molecule has 1 aromatic rings. The van der Waals surface area contributed by atoms with Crippen LogP contribution in [0.4, 0.5) is 0 Å². The lowest BCUT2D eigenvalue weighted by molar-refractivity contribution is -0.132. The molecule has 0 aromatic heterocycles. The summed E-state index contributed by atoms with van der Waals surface area (Å²) in [6.45, 7) is 2.34. The number of nitrogens with zero attached hydrogens (tertiary/aromatic N) is 2. The van der Waals surface area contributed by atoms with Gasteiger partial charge in [0.2, 0.25) is 5.91 Å². The van der Waals surface area contributed by atoms with E-state index < -0.39 is 9.84 Å². The van der Waals surface area contributed by atoms with Crippen LogP contribution < -0.4 is 0 Å². The summed E-state index contributed by atoms with van der Waals surface area (Å²) in [6, 6.07) is 10.8. The molecule has 5 nitrogen and oxygen atoms in total. The molecular formula is C17H26N2O3S. The third-order valence-electron chi connectivity index (χ3n) is 4.40. The fourth-order valence-corrected chi connectivity index (χ4v) is 3.53. The number of carbonyl (C=O) groups is 1. The predicted octanol–water partition coefficient (Wildman–Crippen LogP) is 1.54. The standard InChI is InChI=1S/C17H26N2O3S/c1-18(14-15-6-4-3-5-7-15)16-8-11-19(12-9-16)17(20)10-13-23(2,21)22/h3-7,16H,8-14H2,1-2H3. The maximum absolute atomic E-state index is 12.1. The van der Waals surface area contributed by atoms with Crippen LogP contribution in [-0.4, -0.2) is 62.3 Å². The lowest BCUT2D eigenvalue weighted by Crippen LogP contribution is -2.45. The van der Waals surface area contributed by atoms with E-state index in [0.717, 1.165) is 19.4 Å². The van der Waals surface area contributed by atoms with Gasteiger partial charge in [-0.05, 0) is 25.5 Å². The average molecular weight is 338 g/mol. The number of hydrogen-bond acceptors (Lipinski definition) is 4. The fraction of sp³-hybridized carbons (Fsp3) is 0.588. The summed E-state index contributed by atoms with van der Waals surface area (Å²) in [4.78, 5) is 16.2. The quantitative estimate of drug-likeness (QED) is 0.789. The van der Waals surface area contributed by atoms with Gasteiger partial charge in [0.05, 0.1) is 5.75 Å². The number of benzene rings is 1. The van der Waals surface area contributed by atoms with Crippen molar-refractivity contribution in [3.63, 3.8) is 0 Å². The van der Waals surface area contributed by atoms with Crippen molar-refractivity contribution in [3.05, 3.63) is 35.9 Å². The van der Waals surface area contributed by atoms with E-state index in [1.54, 1.807) is 4.90 Å². The molecule has 6 heteroatoms. The second-order valence-corrected chi connectivity index (χ2v) is 8.65. The number of amides is 1. The molecule has 0 radical (unpaired) electrons. The van der Waals surface area contributed by atoms with Gasteiger partial charge in [-0.15, -0.1) is 0 Å². The van der Waals surface area contributed by atoms with Gasteiger partial charge in [0.1, 0.15) is 9.84 Å². The summed E-state index contributed by atoms with van der Waals surface area (Å²) in [5, 5.41) is 0. The van der Waals surface area contributed by atoms with Crippen LogP contribution in [0.15, 0.2) is 30.3 Å². The van der Waals surface area contributed by atoms with Crippen LogP contribution >= 0.6 is 0 Å². The molecule has 1 fully saturated rings. The summed E-state index contributed by atoms with van der Waals surface area (Å²) in [6.07, 6.45) is 3.15. The normalized spacial score (nSPS) is 16.7. The van der Waals surface area contributed by atoms with Gasteiger partial charge in [-0.2, -0.15) is 0 Å². The Morgan fingerprint density at radius 2 is 1.83 bits per heavy atom. The van der Waals surface area contributed by atoms with Crippen molar-refractivity contribution in [3.8, 4) is 0 Å². The van der Waals surface area contributed by atoms with Gasteiger partial charge in [0, 0.05) is 38.4 Å². The van der Waals surface area contributed by atoms with Crippen molar-refractivity contribution in [2.75, 3.05) is 32.1 Å². The van der Waals surface area contributed by atoms with Gasteiger partial charge >= 0.3 is 0 Å². The molecule has 0 saturated carbocycles. The lowest BCUT2D eigenvalue weighted by atomic mass is 10.0.